The van der Waals surface area contributed by atoms with E-state index < -0.39 is 11.9 Å². The van der Waals surface area contributed by atoms with Gasteiger partial charge in [-0.2, -0.15) is 13.2 Å². The molecule has 0 aromatic carbocycles. The van der Waals surface area contributed by atoms with E-state index in [1.807, 2.05) is 0 Å². The van der Waals surface area contributed by atoms with Gasteiger partial charge in [0.05, 0.1) is 13.0 Å². The molecule has 0 aliphatic carbocycles. The summed E-state index contributed by atoms with van der Waals surface area (Å²) >= 11 is 0. The Morgan fingerprint density at radius 3 is 2.64 bits per heavy atom. The van der Waals surface area contributed by atoms with E-state index in [4.69, 9.17) is 4.74 Å². The van der Waals surface area contributed by atoms with Crippen LogP contribution in [-0.2, 0) is 15.7 Å². The number of rotatable bonds is 4. The summed E-state index contributed by atoms with van der Waals surface area (Å²) < 4.78 is 42.5. The van der Waals surface area contributed by atoms with Crippen molar-refractivity contribution in [2.24, 2.45) is 5.92 Å². The van der Waals surface area contributed by atoms with Gasteiger partial charge in [0.2, 0.25) is 0 Å². The zero-order chi connectivity index (χ0) is 14.8. The zero-order valence-electron chi connectivity index (χ0n) is 12.4. The predicted molar refractivity (Wildman–Crippen MR) is 66.2 cm³/mol. The summed E-state index contributed by atoms with van der Waals surface area (Å²) in [7, 11) is 0. The van der Waals surface area contributed by atoms with Crippen LogP contribution in [0.1, 0.15) is 19.0 Å². The fourth-order valence-corrected chi connectivity index (χ4v) is 2.14. The number of carbonyl (C=O) groups excluding carboxylic acids is 1. The Kier molecular flexibility index (Phi) is 9.56. The second-order valence-corrected chi connectivity index (χ2v) is 4.68. The Morgan fingerprint density at radius 1 is 1.45 bits per heavy atom. The SMILES string of the molecule is CCOC(=O)CC1CN(c2ccnc(C(F)(F)F)c2)C1.[Cs+].[F-]. The molecule has 1 aromatic heterocycles. The van der Waals surface area contributed by atoms with E-state index in [0.717, 1.165) is 12.3 Å². The Bertz CT molecular complexity index is 493. The van der Waals surface area contributed by atoms with Crippen molar-refractivity contribution in [1.82, 2.24) is 4.98 Å². The largest absolute Gasteiger partial charge is 1.00 e. The van der Waals surface area contributed by atoms with Crippen molar-refractivity contribution in [3.8, 4) is 0 Å². The zero-order valence-corrected chi connectivity index (χ0v) is 18.6. The molecule has 0 N–H and O–H groups in total. The topological polar surface area (TPSA) is 42.4 Å². The van der Waals surface area contributed by atoms with E-state index in [1.165, 1.54) is 6.07 Å². The van der Waals surface area contributed by atoms with Crippen molar-refractivity contribution < 1.29 is 96.3 Å². The maximum Gasteiger partial charge on any atom is 1.00 e. The average Bonchev–Trinajstić information content (AvgIpc) is 2.33. The van der Waals surface area contributed by atoms with E-state index in [2.05, 4.69) is 4.98 Å². The van der Waals surface area contributed by atoms with Crippen molar-refractivity contribution in [2.45, 2.75) is 19.5 Å². The predicted octanol–water partition coefficient (Wildman–Crippen LogP) is -3.50. The number of esters is 1. The molecule has 1 aliphatic rings. The van der Waals surface area contributed by atoms with E-state index in [-0.39, 0.29) is 85.5 Å². The third-order valence-corrected chi connectivity index (χ3v) is 3.12. The summed E-state index contributed by atoms with van der Waals surface area (Å²) in [5.41, 5.74) is -0.420. The van der Waals surface area contributed by atoms with Gasteiger partial charge in [0.25, 0.3) is 0 Å². The van der Waals surface area contributed by atoms with Crippen molar-refractivity contribution in [2.75, 3.05) is 24.6 Å². The molecule has 0 bridgehead atoms. The minimum absolute atomic E-state index is 0. The Labute approximate surface area is 184 Å². The van der Waals surface area contributed by atoms with Crippen LogP contribution in [0.25, 0.3) is 0 Å². The third kappa shape index (κ3) is 6.01. The molecule has 2 rings (SSSR count). The molecule has 0 spiro atoms. The molecule has 0 atom stereocenters. The van der Waals surface area contributed by atoms with Crippen LogP contribution < -0.4 is 78.5 Å². The number of alkyl halides is 3. The molecule has 1 aliphatic heterocycles. The third-order valence-electron chi connectivity index (χ3n) is 3.12. The number of anilines is 1. The van der Waals surface area contributed by atoms with Gasteiger partial charge in [-0.15, -0.1) is 0 Å². The van der Waals surface area contributed by atoms with Crippen molar-refractivity contribution in [1.29, 1.82) is 0 Å². The second kappa shape index (κ2) is 9.48. The summed E-state index contributed by atoms with van der Waals surface area (Å²) in [5, 5.41) is 0. The number of carbonyl (C=O) groups is 1. The molecule has 22 heavy (non-hydrogen) atoms. The maximum atomic E-state index is 12.5. The summed E-state index contributed by atoms with van der Waals surface area (Å²) in [6.07, 6.45) is -2.98. The van der Waals surface area contributed by atoms with Gasteiger partial charge in [-0.3, -0.25) is 9.78 Å². The molecule has 0 saturated carbocycles. The Balaban J connectivity index is 0.00000220. The first-order valence-electron chi connectivity index (χ1n) is 6.34. The first-order valence-corrected chi connectivity index (χ1v) is 6.34. The minimum Gasteiger partial charge on any atom is -1.00 e. The number of ether oxygens (including phenoxy) is 1. The molecule has 0 radical (unpaired) electrons. The van der Waals surface area contributed by atoms with E-state index in [0.29, 0.717) is 31.8 Å². The molecule has 4 nitrogen and oxygen atoms in total. The van der Waals surface area contributed by atoms with E-state index in [9.17, 15) is 18.0 Å². The Morgan fingerprint density at radius 2 is 2.09 bits per heavy atom. The van der Waals surface area contributed by atoms with Gasteiger partial charge < -0.3 is 14.3 Å². The fraction of sp³-hybridized carbons (Fsp3) is 0.538. The van der Waals surface area contributed by atoms with Gasteiger partial charge in [-0.25, -0.2) is 0 Å². The monoisotopic (exact) mass is 440 g/mol. The summed E-state index contributed by atoms with van der Waals surface area (Å²) in [5.74, 6) is -0.126. The van der Waals surface area contributed by atoms with Crippen LogP contribution in [0.4, 0.5) is 18.9 Å². The molecule has 1 aromatic rings. The van der Waals surface area contributed by atoms with Crippen LogP contribution in [0, 0.1) is 5.92 Å². The quantitative estimate of drug-likeness (QED) is 0.360. The minimum atomic E-state index is -4.44. The van der Waals surface area contributed by atoms with Gasteiger partial charge in [0, 0.05) is 30.9 Å². The van der Waals surface area contributed by atoms with Crippen molar-refractivity contribution in [3.05, 3.63) is 24.0 Å². The van der Waals surface area contributed by atoms with Crippen molar-refractivity contribution in [3.63, 3.8) is 0 Å². The first kappa shape index (κ1) is 22.2. The average molecular weight is 440 g/mol. The van der Waals surface area contributed by atoms with E-state index in [1.54, 1.807) is 11.8 Å². The standard InChI is InChI=1S/C13H15F3N2O2.Cs.FH/c1-2-20-12(19)5-9-7-18(8-9)10-3-4-17-11(6-10)13(14,15)16;;/h3-4,6,9H,2,5,7-8H2,1H3;;1H/q;+1;/p-1. The van der Waals surface area contributed by atoms with Gasteiger partial charge >= 0.3 is 81.0 Å². The molecule has 1 fully saturated rings. The molecule has 2 heterocycles. The number of nitrogens with zero attached hydrogens (tertiary/aromatic N) is 2. The van der Waals surface area contributed by atoms with Crippen LogP contribution in [0.3, 0.4) is 0 Å². The van der Waals surface area contributed by atoms with Crippen LogP contribution >= 0.6 is 0 Å². The number of halogens is 4. The van der Waals surface area contributed by atoms with Crippen molar-refractivity contribution >= 4 is 11.7 Å². The number of hydrogen-bond donors (Lipinski definition) is 0. The van der Waals surface area contributed by atoms with Gasteiger partial charge in [0.1, 0.15) is 5.69 Å². The molecule has 118 valence electrons. The molecule has 9 heteroatoms. The van der Waals surface area contributed by atoms with Crippen LogP contribution in [0.2, 0.25) is 0 Å². The van der Waals surface area contributed by atoms with Gasteiger partial charge in [0.15, 0.2) is 0 Å². The van der Waals surface area contributed by atoms with Gasteiger partial charge in [-0.1, -0.05) is 0 Å². The van der Waals surface area contributed by atoms with Crippen LogP contribution in [0.5, 0.6) is 0 Å². The molecule has 0 unspecified atom stereocenters. The smallest absolute Gasteiger partial charge is 1.00 e. The number of pyridine rings is 1. The second-order valence-electron chi connectivity index (χ2n) is 4.68. The molecular formula is C13H15CsF4N2O2. The fourth-order valence-electron chi connectivity index (χ4n) is 2.14. The Hall–Kier alpha value is 0.192. The first-order chi connectivity index (χ1) is 9.40. The molecular weight excluding hydrogens is 425 g/mol. The van der Waals surface area contributed by atoms with Crippen LogP contribution in [0.15, 0.2) is 18.3 Å². The van der Waals surface area contributed by atoms with Gasteiger partial charge in [-0.05, 0) is 19.1 Å². The number of aromatic nitrogens is 1. The summed E-state index contributed by atoms with van der Waals surface area (Å²) in [4.78, 5) is 16.4. The van der Waals surface area contributed by atoms with E-state index >= 15 is 0 Å². The summed E-state index contributed by atoms with van der Waals surface area (Å²) in [6, 6.07) is 2.57. The molecule has 1 saturated heterocycles. The normalized spacial score (nSPS) is 14.5. The maximum absolute atomic E-state index is 12.5. The number of hydrogen-bond acceptors (Lipinski definition) is 4. The summed E-state index contributed by atoms with van der Waals surface area (Å²) in [6.45, 7) is 3.19. The molecule has 0 amide bonds. The van der Waals surface area contributed by atoms with Crippen LogP contribution in [-0.4, -0.2) is 30.6 Å².